The number of hydrogen-bond donors (Lipinski definition) is 1. The molecule has 1 aromatic carbocycles. The van der Waals surface area contributed by atoms with Crippen LogP contribution in [0.1, 0.15) is 5.56 Å². The highest BCUT2D eigenvalue weighted by Crippen LogP contribution is 2.41. The van der Waals surface area contributed by atoms with Crippen LogP contribution in [0.5, 0.6) is 5.75 Å². The molecule has 0 amide bonds. The van der Waals surface area contributed by atoms with Crippen LogP contribution in [-0.4, -0.2) is 34.0 Å². The van der Waals surface area contributed by atoms with Crippen molar-refractivity contribution in [2.24, 2.45) is 0 Å². The van der Waals surface area contributed by atoms with E-state index in [1.807, 2.05) is 0 Å². The van der Waals surface area contributed by atoms with E-state index >= 15 is 0 Å². The van der Waals surface area contributed by atoms with Crippen LogP contribution in [-0.2, 0) is 10.3 Å². The van der Waals surface area contributed by atoms with Gasteiger partial charge in [-0.2, -0.15) is 13.2 Å². The maximum Gasteiger partial charge on any atom is 0.422 e. The second-order valence-corrected chi connectivity index (χ2v) is 3.79. The van der Waals surface area contributed by atoms with Crippen LogP contribution >= 0.6 is 0 Å². The summed E-state index contributed by atoms with van der Waals surface area (Å²) in [5.41, 5.74) is -2.32. The van der Waals surface area contributed by atoms with Gasteiger partial charge in [0.2, 0.25) is 5.60 Å². The van der Waals surface area contributed by atoms with Gasteiger partial charge < -0.3 is 14.8 Å². The number of nitrogens with one attached hydrogen (secondary N) is 1. The number of benzene rings is 1. The van der Waals surface area contributed by atoms with Gasteiger partial charge in [0.25, 0.3) is 0 Å². The number of likely N-dealkylation sites (N-methyl/N-ethyl adjacent to an activating group) is 1. The van der Waals surface area contributed by atoms with Gasteiger partial charge in [0, 0.05) is 13.7 Å². The first-order chi connectivity index (χ1) is 8.41. The fourth-order valence-electron chi connectivity index (χ4n) is 1.78. The van der Waals surface area contributed by atoms with E-state index in [1.165, 1.54) is 38.4 Å². The summed E-state index contributed by atoms with van der Waals surface area (Å²) in [6, 6.07) is 5.66. The molecule has 1 aromatic rings. The summed E-state index contributed by atoms with van der Waals surface area (Å²) in [5.74, 6) is 0.496. The van der Waals surface area contributed by atoms with E-state index in [9.17, 15) is 13.2 Å². The summed E-state index contributed by atoms with van der Waals surface area (Å²) < 4.78 is 49.4. The van der Waals surface area contributed by atoms with Gasteiger partial charge in [0.05, 0.1) is 7.11 Å². The zero-order valence-electron chi connectivity index (χ0n) is 10.5. The molecule has 1 rings (SSSR count). The molecule has 0 saturated carbocycles. The molecule has 1 unspecified atom stereocenters. The van der Waals surface area contributed by atoms with Crippen molar-refractivity contribution in [1.29, 1.82) is 0 Å². The van der Waals surface area contributed by atoms with Crippen LogP contribution in [0, 0.1) is 0 Å². The largest absolute Gasteiger partial charge is 0.497 e. The molecule has 0 heterocycles. The maximum atomic E-state index is 13.2. The molecule has 6 heteroatoms. The van der Waals surface area contributed by atoms with E-state index in [4.69, 9.17) is 9.47 Å². The number of halogens is 3. The zero-order valence-corrected chi connectivity index (χ0v) is 10.5. The molecule has 102 valence electrons. The SMILES string of the molecule is CNCC(OC)(c1ccc(OC)cc1)C(F)(F)F. The van der Waals surface area contributed by atoms with E-state index in [2.05, 4.69) is 5.32 Å². The van der Waals surface area contributed by atoms with Gasteiger partial charge in [0.1, 0.15) is 5.75 Å². The Bertz CT molecular complexity index is 378. The number of rotatable bonds is 5. The summed E-state index contributed by atoms with van der Waals surface area (Å²) in [4.78, 5) is 0. The lowest BCUT2D eigenvalue weighted by Crippen LogP contribution is -2.50. The number of methoxy groups -OCH3 is 2. The Kier molecular flexibility index (Phi) is 4.59. The highest BCUT2D eigenvalue weighted by atomic mass is 19.4. The van der Waals surface area contributed by atoms with Gasteiger partial charge in [-0.3, -0.25) is 0 Å². The van der Waals surface area contributed by atoms with Crippen molar-refractivity contribution in [2.45, 2.75) is 11.8 Å². The van der Waals surface area contributed by atoms with E-state index in [1.54, 1.807) is 0 Å². The molecule has 0 spiro atoms. The van der Waals surface area contributed by atoms with Gasteiger partial charge >= 0.3 is 6.18 Å². The Hall–Kier alpha value is -1.27. The lowest BCUT2D eigenvalue weighted by atomic mass is 9.92. The van der Waals surface area contributed by atoms with Crippen molar-refractivity contribution in [3.8, 4) is 5.75 Å². The highest BCUT2D eigenvalue weighted by molar-refractivity contribution is 5.32. The highest BCUT2D eigenvalue weighted by Gasteiger charge is 2.56. The molecule has 0 bridgehead atoms. The van der Waals surface area contributed by atoms with E-state index < -0.39 is 11.8 Å². The minimum absolute atomic E-state index is 0.0349. The van der Waals surface area contributed by atoms with E-state index in [-0.39, 0.29) is 12.1 Å². The molecule has 18 heavy (non-hydrogen) atoms. The minimum atomic E-state index is -4.51. The second kappa shape index (κ2) is 5.58. The lowest BCUT2D eigenvalue weighted by Gasteiger charge is -2.34. The summed E-state index contributed by atoms with van der Waals surface area (Å²) in [6.07, 6.45) is -4.51. The van der Waals surface area contributed by atoms with Crippen molar-refractivity contribution in [2.75, 3.05) is 27.8 Å². The minimum Gasteiger partial charge on any atom is -0.497 e. The Balaban J connectivity index is 3.24. The first-order valence-electron chi connectivity index (χ1n) is 5.32. The molecule has 1 N–H and O–H groups in total. The summed E-state index contributed by atoms with van der Waals surface area (Å²) in [5, 5.41) is 2.52. The predicted octanol–water partition coefficient (Wildman–Crippen LogP) is 2.32. The quantitative estimate of drug-likeness (QED) is 0.884. The predicted molar refractivity (Wildman–Crippen MR) is 61.7 cm³/mol. The number of hydrogen-bond acceptors (Lipinski definition) is 3. The zero-order chi connectivity index (χ0) is 13.8. The first kappa shape index (κ1) is 14.8. The normalized spacial score (nSPS) is 15.2. The van der Waals surface area contributed by atoms with Crippen LogP contribution in [0.3, 0.4) is 0 Å². The molecule has 1 atom stereocenters. The third-order valence-electron chi connectivity index (χ3n) is 2.79. The van der Waals surface area contributed by atoms with E-state index in [0.29, 0.717) is 5.75 Å². The summed E-state index contributed by atoms with van der Waals surface area (Å²) >= 11 is 0. The third kappa shape index (κ3) is 2.59. The average molecular weight is 263 g/mol. The standard InChI is InChI=1S/C12H16F3NO2/c1-16-8-11(18-3,12(13,14)15)9-4-6-10(17-2)7-5-9/h4-7,16H,8H2,1-3H3. The molecule has 0 aliphatic carbocycles. The van der Waals surface area contributed by atoms with Crippen molar-refractivity contribution in [3.05, 3.63) is 29.8 Å². The fourth-order valence-corrected chi connectivity index (χ4v) is 1.78. The van der Waals surface area contributed by atoms with Crippen LogP contribution in [0.4, 0.5) is 13.2 Å². The Labute approximate surface area is 104 Å². The Morgan fingerprint density at radius 3 is 2.00 bits per heavy atom. The number of ether oxygens (including phenoxy) is 2. The molecule has 0 aliphatic rings. The molecular weight excluding hydrogens is 247 g/mol. The average Bonchev–Trinajstić information content (AvgIpc) is 2.34. The van der Waals surface area contributed by atoms with Gasteiger partial charge in [-0.1, -0.05) is 12.1 Å². The molecule has 0 aliphatic heterocycles. The van der Waals surface area contributed by atoms with Crippen molar-refractivity contribution < 1.29 is 22.6 Å². The van der Waals surface area contributed by atoms with Gasteiger partial charge in [0.15, 0.2) is 0 Å². The Morgan fingerprint density at radius 2 is 1.67 bits per heavy atom. The van der Waals surface area contributed by atoms with Crippen LogP contribution in [0.2, 0.25) is 0 Å². The Morgan fingerprint density at radius 1 is 1.11 bits per heavy atom. The second-order valence-electron chi connectivity index (χ2n) is 3.79. The van der Waals surface area contributed by atoms with Crippen LogP contribution in [0.15, 0.2) is 24.3 Å². The van der Waals surface area contributed by atoms with Crippen molar-refractivity contribution in [1.82, 2.24) is 5.32 Å². The van der Waals surface area contributed by atoms with Crippen molar-refractivity contribution in [3.63, 3.8) is 0 Å². The third-order valence-corrected chi connectivity index (χ3v) is 2.79. The molecule has 0 saturated heterocycles. The van der Waals surface area contributed by atoms with Crippen LogP contribution in [0.25, 0.3) is 0 Å². The molecule has 3 nitrogen and oxygen atoms in total. The monoisotopic (exact) mass is 263 g/mol. The van der Waals surface area contributed by atoms with Crippen molar-refractivity contribution >= 4 is 0 Å². The lowest BCUT2D eigenvalue weighted by molar-refractivity contribution is -0.274. The fraction of sp³-hybridized carbons (Fsp3) is 0.500. The van der Waals surface area contributed by atoms with Gasteiger partial charge in [-0.15, -0.1) is 0 Å². The van der Waals surface area contributed by atoms with Gasteiger partial charge in [-0.05, 0) is 24.7 Å². The topological polar surface area (TPSA) is 30.5 Å². The molecule has 0 aromatic heterocycles. The van der Waals surface area contributed by atoms with E-state index in [0.717, 1.165) is 7.11 Å². The van der Waals surface area contributed by atoms with Gasteiger partial charge in [-0.25, -0.2) is 0 Å². The first-order valence-corrected chi connectivity index (χ1v) is 5.32. The maximum absolute atomic E-state index is 13.2. The summed E-state index contributed by atoms with van der Waals surface area (Å²) in [7, 11) is 3.95. The smallest absolute Gasteiger partial charge is 0.422 e. The summed E-state index contributed by atoms with van der Waals surface area (Å²) in [6.45, 7) is -0.362. The van der Waals surface area contributed by atoms with Crippen LogP contribution < -0.4 is 10.1 Å². The molecule has 0 fully saturated rings. The molecule has 0 radical (unpaired) electrons. The number of alkyl halides is 3. The molecular formula is C12H16F3NO2.